The molecule has 0 aliphatic heterocycles. The SMILES string of the molecule is CN(C)C[C@H]1C(=O)[C@]2(C)CC[C@H]1C2(C)C. The molecule has 0 N–H and O–H groups in total. The summed E-state index contributed by atoms with van der Waals surface area (Å²) in [5.41, 5.74) is 0.170. The molecule has 86 valence electrons. The lowest BCUT2D eigenvalue weighted by molar-refractivity contribution is -0.132. The molecule has 0 saturated heterocycles. The summed E-state index contributed by atoms with van der Waals surface area (Å²) in [6.07, 6.45) is 2.35. The van der Waals surface area contributed by atoms with Crippen LogP contribution >= 0.6 is 0 Å². The van der Waals surface area contributed by atoms with E-state index in [0.29, 0.717) is 11.7 Å². The molecule has 0 heterocycles. The quantitative estimate of drug-likeness (QED) is 0.695. The van der Waals surface area contributed by atoms with E-state index >= 15 is 0 Å². The van der Waals surface area contributed by atoms with Crippen molar-refractivity contribution < 1.29 is 4.79 Å². The molecule has 0 amide bonds. The fraction of sp³-hybridized carbons (Fsp3) is 0.923. The maximum atomic E-state index is 12.4. The third-order valence-corrected chi connectivity index (χ3v) is 5.23. The summed E-state index contributed by atoms with van der Waals surface area (Å²) in [6.45, 7) is 7.70. The standard InChI is InChI=1S/C13H23NO/c1-12(2)10-6-7-13(12,3)11(15)9(10)8-14(4)5/h9-10H,6-8H2,1-5H3/t9-,10-,13+/m1/s1. The average molecular weight is 209 g/mol. The lowest BCUT2D eigenvalue weighted by atomic mass is 9.70. The molecule has 0 spiro atoms. The van der Waals surface area contributed by atoms with Crippen molar-refractivity contribution in [3.63, 3.8) is 0 Å². The van der Waals surface area contributed by atoms with Crippen LogP contribution in [0.2, 0.25) is 0 Å². The van der Waals surface area contributed by atoms with E-state index in [2.05, 4.69) is 39.8 Å². The highest BCUT2D eigenvalue weighted by molar-refractivity contribution is 5.91. The Morgan fingerprint density at radius 1 is 1.33 bits per heavy atom. The van der Waals surface area contributed by atoms with Gasteiger partial charge in [-0.25, -0.2) is 0 Å². The van der Waals surface area contributed by atoms with Crippen LogP contribution in [0.15, 0.2) is 0 Å². The molecule has 2 nitrogen and oxygen atoms in total. The summed E-state index contributed by atoms with van der Waals surface area (Å²) >= 11 is 0. The van der Waals surface area contributed by atoms with Gasteiger partial charge in [0.05, 0.1) is 0 Å². The van der Waals surface area contributed by atoms with E-state index in [4.69, 9.17) is 0 Å². The second kappa shape index (κ2) is 3.07. The summed E-state index contributed by atoms with van der Waals surface area (Å²) in [5.74, 6) is 1.42. The van der Waals surface area contributed by atoms with Crippen molar-refractivity contribution in [1.82, 2.24) is 4.90 Å². The smallest absolute Gasteiger partial charge is 0.143 e. The van der Waals surface area contributed by atoms with Crippen LogP contribution in [0.25, 0.3) is 0 Å². The predicted molar refractivity (Wildman–Crippen MR) is 61.7 cm³/mol. The van der Waals surface area contributed by atoms with Crippen LogP contribution in [0.5, 0.6) is 0 Å². The zero-order valence-electron chi connectivity index (χ0n) is 10.6. The molecule has 2 aliphatic rings. The van der Waals surface area contributed by atoms with Gasteiger partial charge in [-0.2, -0.15) is 0 Å². The van der Waals surface area contributed by atoms with Gasteiger partial charge >= 0.3 is 0 Å². The van der Waals surface area contributed by atoms with Crippen LogP contribution in [0.4, 0.5) is 0 Å². The van der Waals surface area contributed by atoms with Crippen molar-refractivity contribution >= 4 is 5.78 Å². The molecule has 2 bridgehead atoms. The molecule has 15 heavy (non-hydrogen) atoms. The summed E-state index contributed by atoms with van der Waals surface area (Å²) in [5, 5.41) is 0. The largest absolute Gasteiger partial charge is 0.309 e. The molecule has 0 aromatic carbocycles. The summed E-state index contributed by atoms with van der Waals surface area (Å²) < 4.78 is 0. The lowest BCUT2D eigenvalue weighted by Crippen LogP contribution is -2.36. The minimum absolute atomic E-state index is 0.0433. The van der Waals surface area contributed by atoms with Gasteiger partial charge in [0.1, 0.15) is 5.78 Å². The van der Waals surface area contributed by atoms with Crippen molar-refractivity contribution in [3.05, 3.63) is 0 Å². The van der Waals surface area contributed by atoms with E-state index in [1.165, 1.54) is 6.42 Å². The Balaban J connectivity index is 2.30. The lowest BCUT2D eigenvalue weighted by Gasteiger charge is -2.32. The minimum atomic E-state index is -0.0433. The van der Waals surface area contributed by atoms with Gasteiger partial charge in [-0.05, 0) is 38.3 Å². The molecule has 2 aliphatic carbocycles. The Hall–Kier alpha value is -0.370. The third-order valence-electron chi connectivity index (χ3n) is 5.23. The normalized spacial score (nSPS) is 42.9. The first-order valence-electron chi connectivity index (χ1n) is 6.00. The topological polar surface area (TPSA) is 20.3 Å². The second-order valence-electron chi connectivity index (χ2n) is 6.43. The van der Waals surface area contributed by atoms with Crippen molar-refractivity contribution in [3.8, 4) is 0 Å². The fourth-order valence-electron chi connectivity index (χ4n) is 3.88. The minimum Gasteiger partial charge on any atom is -0.309 e. The van der Waals surface area contributed by atoms with Gasteiger partial charge in [-0.3, -0.25) is 4.79 Å². The van der Waals surface area contributed by atoms with Crippen LogP contribution in [-0.4, -0.2) is 31.3 Å². The van der Waals surface area contributed by atoms with E-state index in [-0.39, 0.29) is 16.7 Å². The number of carbonyl (C=O) groups is 1. The van der Waals surface area contributed by atoms with Crippen LogP contribution < -0.4 is 0 Å². The van der Waals surface area contributed by atoms with Gasteiger partial charge in [0.15, 0.2) is 0 Å². The van der Waals surface area contributed by atoms with E-state index in [1.807, 2.05) is 0 Å². The first-order chi connectivity index (χ1) is 6.80. The summed E-state index contributed by atoms with van der Waals surface area (Å²) in [4.78, 5) is 14.6. The molecular formula is C13H23NO. The number of rotatable bonds is 2. The molecule has 0 radical (unpaired) electrons. The van der Waals surface area contributed by atoms with E-state index in [0.717, 1.165) is 13.0 Å². The van der Waals surface area contributed by atoms with Gasteiger partial charge in [-0.15, -0.1) is 0 Å². The second-order valence-corrected chi connectivity index (χ2v) is 6.43. The van der Waals surface area contributed by atoms with Crippen LogP contribution in [0, 0.1) is 22.7 Å². The molecule has 2 saturated carbocycles. The van der Waals surface area contributed by atoms with Gasteiger partial charge < -0.3 is 4.90 Å². The highest BCUT2D eigenvalue weighted by atomic mass is 16.1. The number of hydrogen-bond donors (Lipinski definition) is 0. The number of nitrogens with zero attached hydrogens (tertiary/aromatic N) is 1. The highest BCUT2D eigenvalue weighted by Crippen LogP contribution is 2.65. The number of fused-ring (bicyclic) bond motifs is 2. The monoisotopic (exact) mass is 209 g/mol. The van der Waals surface area contributed by atoms with Gasteiger partial charge in [0.2, 0.25) is 0 Å². The molecule has 0 unspecified atom stereocenters. The van der Waals surface area contributed by atoms with Crippen molar-refractivity contribution in [2.45, 2.75) is 33.6 Å². The van der Waals surface area contributed by atoms with Crippen LogP contribution in [-0.2, 0) is 4.79 Å². The Morgan fingerprint density at radius 2 is 1.93 bits per heavy atom. The average Bonchev–Trinajstić information content (AvgIpc) is 2.40. The summed E-state index contributed by atoms with van der Waals surface area (Å²) in [6, 6.07) is 0. The zero-order chi connectivity index (χ0) is 11.4. The van der Waals surface area contributed by atoms with Crippen molar-refractivity contribution in [2.75, 3.05) is 20.6 Å². The van der Waals surface area contributed by atoms with E-state index < -0.39 is 0 Å². The molecular weight excluding hydrogens is 186 g/mol. The number of Topliss-reactive ketones (excluding diaryl/α,β-unsaturated/α-hetero) is 1. The maximum Gasteiger partial charge on any atom is 0.143 e. The van der Waals surface area contributed by atoms with Gasteiger partial charge in [0.25, 0.3) is 0 Å². The summed E-state index contributed by atoms with van der Waals surface area (Å²) in [7, 11) is 4.13. The fourth-order valence-corrected chi connectivity index (χ4v) is 3.88. The number of ketones is 1. The van der Waals surface area contributed by atoms with Crippen molar-refractivity contribution in [2.24, 2.45) is 22.7 Å². The Morgan fingerprint density at radius 3 is 2.33 bits per heavy atom. The van der Waals surface area contributed by atoms with Crippen LogP contribution in [0.1, 0.15) is 33.6 Å². The molecule has 2 heteroatoms. The molecule has 2 rings (SSSR count). The third kappa shape index (κ3) is 1.24. The first-order valence-corrected chi connectivity index (χ1v) is 6.00. The molecule has 2 fully saturated rings. The highest BCUT2D eigenvalue weighted by Gasteiger charge is 2.65. The molecule has 0 aromatic rings. The predicted octanol–water partition coefficient (Wildman–Crippen LogP) is 2.19. The Kier molecular flexibility index (Phi) is 2.27. The van der Waals surface area contributed by atoms with Gasteiger partial charge in [-0.1, -0.05) is 20.8 Å². The van der Waals surface area contributed by atoms with Crippen molar-refractivity contribution in [1.29, 1.82) is 0 Å². The first kappa shape index (κ1) is 11.1. The molecule has 3 atom stereocenters. The Labute approximate surface area is 93.0 Å². The van der Waals surface area contributed by atoms with E-state index in [1.54, 1.807) is 0 Å². The molecule has 0 aromatic heterocycles. The number of carbonyl (C=O) groups excluding carboxylic acids is 1. The number of hydrogen-bond acceptors (Lipinski definition) is 2. The van der Waals surface area contributed by atoms with E-state index in [9.17, 15) is 4.79 Å². The zero-order valence-corrected chi connectivity index (χ0v) is 10.6. The van der Waals surface area contributed by atoms with Gasteiger partial charge in [0, 0.05) is 17.9 Å². The van der Waals surface area contributed by atoms with Crippen LogP contribution in [0.3, 0.4) is 0 Å². The Bertz CT molecular complexity index is 295. The maximum absolute atomic E-state index is 12.4.